The summed E-state index contributed by atoms with van der Waals surface area (Å²) in [6.45, 7) is 6.42. The Kier molecular flexibility index (Phi) is 6.26. The third kappa shape index (κ3) is 5.13. The molecule has 0 fully saturated rings. The van der Waals surface area contributed by atoms with Gasteiger partial charge < -0.3 is 5.32 Å². The smallest absolute Gasteiger partial charge is 0.147 e. The van der Waals surface area contributed by atoms with Crippen LogP contribution in [0.25, 0.3) is 10.6 Å². The second kappa shape index (κ2) is 7.96. The minimum atomic E-state index is -0.276. The van der Waals surface area contributed by atoms with E-state index in [4.69, 9.17) is 0 Å². The van der Waals surface area contributed by atoms with Crippen LogP contribution in [0.1, 0.15) is 25.3 Å². The van der Waals surface area contributed by atoms with Gasteiger partial charge in [-0.3, -0.25) is 0 Å². The van der Waals surface area contributed by atoms with Crippen LogP contribution in [0.5, 0.6) is 0 Å². The molecule has 1 N–H and O–H groups in total. The standard InChI is InChI=1S/C15H19BrFN3S/c1-10(2)9-18-7-3-4-14-19-20-15(21-14)11-5-6-12(16)13(17)8-11/h5-6,8,10,18H,3-4,7,9H2,1-2H3. The zero-order chi connectivity index (χ0) is 15.2. The summed E-state index contributed by atoms with van der Waals surface area (Å²) < 4.78 is 14.0. The largest absolute Gasteiger partial charge is 0.316 e. The Morgan fingerprint density at radius 1 is 1.33 bits per heavy atom. The van der Waals surface area contributed by atoms with Crippen molar-refractivity contribution < 1.29 is 4.39 Å². The Hall–Kier alpha value is -0.850. The predicted octanol–water partition coefficient (Wildman–Crippen LogP) is 4.28. The first kappa shape index (κ1) is 16.5. The maximum absolute atomic E-state index is 13.5. The van der Waals surface area contributed by atoms with E-state index in [1.807, 2.05) is 6.07 Å². The van der Waals surface area contributed by atoms with E-state index in [-0.39, 0.29) is 5.82 Å². The van der Waals surface area contributed by atoms with Crippen LogP contribution in [0, 0.1) is 11.7 Å². The van der Waals surface area contributed by atoms with Gasteiger partial charge in [-0.05, 0) is 53.5 Å². The number of halogens is 2. The molecule has 0 radical (unpaired) electrons. The average Bonchev–Trinajstić information content (AvgIpc) is 2.90. The minimum Gasteiger partial charge on any atom is -0.316 e. The van der Waals surface area contributed by atoms with E-state index >= 15 is 0 Å². The van der Waals surface area contributed by atoms with Crippen molar-refractivity contribution in [1.29, 1.82) is 0 Å². The van der Waals surface area contributed by atoms with Gasteiger partial charge in [-0.1, -0.05) is 31.3 Å². The quantitative estimate of drug-likeness (QED) is 0.737. The molecule has 1 aromatic heterocycles. The Balaban J connectivity index is 1.87. The number of hydrogen-bond acceptors (Lipinski definition) is 4. The van der Waals surface area contributed by atoms with Gasteiger partial charge in [0.25, 0.3) is 0 Å². The van der Waals surface area contributed by atoms with Crippen LogP contribution in [-0.2, 0) is 6.42 Å². The molecule has 1 heterocycles. The predicted molar refractivity (Wildman–Crippen MR) is 89.0 cm³/mol. The number of benzene rings is 1. The fourth-order valence-electron chi connectivity index (χ4n) is 1.86. The zero-order valence-electron chi connectivity index (χ0n) is 12.2. The lowest BCUT2D eigenvalue weighted by Gasteiger charge is -2.05. The van der Waals surface area contributed by atoms with E-state index in [0.717, 1.165) is 41.5 Å². The molecular weight excluding hydrogens is 353 g/mol. The summed E-state index contributed by atoms with van der Waals surface area (Å²) in [7, 11) is 0. The molecule has 1 aromatic carbocycles. The fraction of sp³-hybridized carbons (Fsp3) is 0.467. The van der Waals surface area contributed by atoms with Crippen molar-refractivity contribution in [2.75, 3.05) is 13.1 Å². The summed E-state index contributed by atoms with van der Waals surface area (Å²) in [5.41, 5.74) is 0.775. The third-order valence-corrected chi connectivity index (χ3v) is 4.61. The molecule has 0 aliphatic carbocycles. The van der Waals surface area contributed by atoms with Crippen molar-refractivity contribution >= 4 is 27.3 Å². The summed E-state index contributed by atoms with van der Waals surface area (Å²) in [6.07, 6.45) is 1.94. The van der Waals surface area contributed by atoms with E-state index in [1.54, 1.807) is 6.07 Å². The van der Waals surface area contributed by atoms with Gasteiger partial charge in [0.15, 0.2) is 0 Å². The normalized spacial score (nSPS) is 11.3. The molecule has 114 valence electrons. The van der Waals surface area contributed by atoms with Crippen LogP contribution in [0.3, 0.4) is 0 Å². The van der Waals surface area contributed by atoms with Gasteiger partial charge in [0, 0.05) is 12.0 Å². The van der Waals surface area contributed by atoms with Crippen molar-refractivity contribution in [2.45, 2.75) is 26.7 Å². The maximum atomic E-state index is 13.5. The second-order valence-electron chi connectivity index (χ2n) is 5.33. The number of nitrogens with zero attached hydrogens (tertiary/aromatic N) is 2. The topological polar surface area (TPSA) is 37.8 Å². The molecule has 0 saturated heterocycles. The molecule has 6 heteroatoms. The number of aromatic nitrogens is 2. The van der Waals surface area contributed by atoms with Crippen LogP contribution in [0.4, 0.5) is 4.39 Å². The summed E-state index contributed by atoms with van der Waals surface area (Å²) in [4.78, 5) is 0. The Labute approximate surface area is 137 Å². The van der Waals surface area contributed by atoms with Gasteiger partial charge in [-0.25, -0.2) is 4.39 Å². The molecule has 0 bridgehead atoms. The Morgan fingerprint density at radius 2 is 2.14 bits per heavy atom. The number of aryl methyl sites for hydroxylation is 1. The average molecular weight is 372 g/mol. The van der Waals surface area contributed by atoms with E-state index in [0.29, 0.717) is 10.4 Å². The highest BCUT2D eigenvalue weighted by Gasteiger charge is 2.09. The van der Waals surface area contributed by atoms with Crippen molar-refractivity contribution in [2.24, 2.45) is 5.92 Å². The van der Waals surface area contributed by atoms with Crippen molar-refractivity contribution in [1.82, 2.24) is 15.5 Å². The number of rotatable bonds is 7. The second-order valence-corrected chi connectivity index (χ2v) is 7.25. The summed E-state index contributed by atoms with van der Waals surface area (Å²) >= 11 is 4.68. The molecule has 3 nitrogen and oxygen atoms in total. The monoisotopic (exact) mass is 371 g/mol. The van der Waals surface area contributed by atoms with Crippen molar-refractivity contribution in [3.8, 4) is 10.6 Å². The van der Waals surface area contributed by atoms with Crippen LogP contribution in [0.15, 0.2) is 22.7 Å². The highest BCUT2D eigenvalue weighted by molar-refractivity contribution is 9.10. The lowest BCUT2D eigenvalue weighted by molar-refractivity contribution is 0.542. The van der Waals surface area contributed by atoms with Crippen molar-refractivity contribution in [3.05, 3.63) is 33.5 Å². The van der Waals surface area contributed by atoms with E-state index in [9.17, 15) is 4.39 Å². The first-order chi connectivity index (χ1) is 10.1. The summed E-state index contributed by atoms with van der Waals surface area (Å²) in [5, 5.41) is 13.5. The van der Waals surface area contributed by atoms with Crippen LogP contribution in [0.2, 0.25) is 0 Å². The van der Waals surface area contributed by atoms with Gasteiger partial charge >= 0.3 is 0 Å². The molecule has 2 rings (SSSR count). The maximum Gasteiger partial charge on any atom is 0.147 e. The molecule has 0 spiro atoms. The van der Waals surface area contributed by atoms with E-state index in [1.165, 1.54) is 17.4 Å². The zero-order valence-corrected chi connectivity index (χ0v) is 14.6. The van der Waals surface area contributed by atoms with Crippen LogP contribution in [-0.4, -0.2) is 23.3 Å². The lowest BCUT2D eigenvalue weighted by Crippen LogP contribution is -2.21. The number of nitrogens with one attached hydrogen (secondary N) is 1. The van der Waals surface area contributed by atoms with Crippen LogP contribution >= 0.6 is 27.3 Å². The first-order valence-electron chi connectivity index (χ1n) is 7.05. The fourth-order valence-corrected chi connectivity index (χ4v) is 2.98. The molecule has 0 saturated carbocycles. The molecule has 0 atom stereocenters. The summed E-state index contributed by atoms with van der Waals surface area (Å²) in [5.74, 6) is 0.396. The minimum absolute atomic E-state index is 0.276. The van der Waals surface area contributed by atoms with Crippen LogP contribution < -0.4 is 5.32 Å². The Morgan fingerprint density at radius 3 is 2.86 bits per heavy atom. The molecule has 2 aromatic rings. The highest BCUT2D eigenvalue weighted by Crippen LogP contribution is 2.27. The van der Waals surface area contributed by atoms with Gasteiger partial charge in [0.2, 0.25) is 0 Å². The SMILES string of the molecule is CC(C)CNCCCc1nnc(-c2ccc(Br)c(F)c2)s1. The van der Waals surface area contributed by atoms with E-state index in [2.05, 4.69) is 45.3 Å². The molecule has 21 heavy (non-hydrogen) atoms. The van der Waals surface area contributed by atoms with Crippen molar-refractivity contribution in [3.63, 3.8) is 0 Å². The van der Waals surface area contributed by atoms with Gasteiger partial charge in [0.05, 0.1) is 4.47 Å². The first-order valence-corrected chi connectivity index (χ1v) is 8.65. The highest BCUT2D eigenvalue weighted by atomic mass is 79.9. The van der Waals surface area contributed by atoms with E-state index < -0.39 is 0 Å². The lowest BCUT2D eigenvalue weighted by atomic mass is 10.2. The van der Waals surface area contributed by atoms with Gasteiger partial charge in [0.1, 0.15) is 15.8 Å². The third-order valence-electron chi connectivity index (χ3n) is 2.93. The summed E-state index contributed by atoms with van der Waals surface area (Å²) in [6, 6.07) is 5.03. The molecule has 0 aliphatic rings. The molecule has 0 amide bonds. The number of hydrogen-bond donors (Lipinski definition) is 1. The molecule has 0 unspecified atom stereocenters. The Bertz CT molecular complexity index is 586. The molecular formula is C15H19BrFN3S. The van der Waals surface area contributed by atoms with Gasteiger partial charge in [-0.15, -0.1) is 10.2 Å². The molecule has 0 aliphatic heterocycles. The van der Waals surface area contributed by atoms with Gasteiger partial charge in [-0.2, -0.15) is 0 Å².